The summed E-state index contributed by atoms with van der Waals surface area (Å²) in [5, 5.41) is 12.0. The summed E-state index contributed by atoms with van der Waals surface area (Å²) >= 11 is 12.0. The fourth-order valence-corrected chi connectivity index (χ4v) is 2.60. The number of benzene rings is 2. The van der Waals surface area contributed by atoms with Crippen molar-refractivity contribution in [1.82, 2.24) is 9.55 Å². The molecule has 0 saturated heterocycles. The molecule has 0 N–H and O–H groups in total. The second-order valence-electron chi connectivity index (χ2n) is 4.90. The minimum Gasteiger partial charge on any atom is -0.487 e. The van der Waals surface area contributed by atoms with E-state index in [-0.39, 0.29) is 12.3 Å². The first-order valence-electron chi connectivity index (χ1n) is 6.88. The molecule has 0 spiro atoms. The van der Waals surface area contributed by atoms with Gasteiger partial charge in [0.05, 0.1) is 16.9 Å². The summed E-state index contributed by atoms with van der Waals surface area (Å²) in [5.41, 5.74) is 1.25. The molecule has 1 aromatic heterocycles. The number of aromatic nitrogens is 2. The Kier molecular flexibility index (Phi) is 4.69. The van der Waals surface area contributed by atoms with E-state index in [0.29, 0.717) is 21.5 Å². The molecule has 6 nitrogen and oxygen atoms in total. The smallest absolute Gasteiger partial charge is 0.271 e. The highest BCUT2D eigenvalue weighted by atomic mass is 35.5. The summed E-state index contributed by atoms with van der Waals surface area (Å²) < 4.78 is 7.45. The van der Waals surface area contributed by atoms with Gasteiger partial charge in [0.15, 0.2) is 0 Å². The lowest BCUT2D eigenvalue weighted by molar-refractivity contribution is -0.384. The van der Waals surface area contributed by atoms with Gasteiger partial charge in [-0.05, 0) is 18.2 Å². The van der Waals surface area contributed by atoms with Gasteiger partial charge >= 0.3 is 0 Å². The zero-order chi connectivity index (χ0) is 17.1. The summed E-state index contributed by atoms with van der Waals surface area (Å²) in [7, 11) is 0. The number of nitro groups is 1. The number of rotatable bonds is 5. The van der Waals surface area contributed by atoms with Crippen molar-refractivity contribution in [3.63, 3.8) is 0 Å². The molecule has 24 heavy (non-hydrogen) atoms. The quantitative estimate of drug-likeness (QED) is 0.487. The lowest BCUT2D eigenvalue weighted by Crippen LogP contribution is -2.02. The van der Waals surface area contributed by atoms with Gasteiger partial charge in [-0.15, -0.1) is 0 Å². The fourth-order valence-electron chi connectivity index (χ4n) is 2.14. The van der Waals surface area contributed by atoms with Gasteiger partial charge in [0, 0.05) is 40.1 Å². The van der Waals surface area contributed by atoms with Crippen molar-refractivity contribution in [2.75, 3.05) is 0 Å². The van der Waals surface area contributed by atoms with Crippen LogP contribution in [0.3, 0.4) is 0 Å². The lowest BCUT2D eigenvalue weighted by atomic mass is 10.2. The Morgan fingerprint density at radius 3 is 2.71 bits per heavy atom. The Morgan fingerprint density at radius 1 is 1.21 bits per heavy atom. The van der Waals surface area contributed by atoms with Crippen molar-refractivity contribution < 1.29 is 9.66 Å². The van der Waals surface area contributed by atoms with Gasteiger partial charge in [-0.3, -0.25) is 10.1 Å². The number of halogens is 2. The maximum absolute atomic E-state index is 11.0. The molecule has 3 aromatic rings. The summed E-state index contributed by atoms with van der Waals surface area (Å²) in [6.45, 7) is 0.204. The van der Waals surface area contributed by atoms with Crippen LogP contribution in [0.25, 0.3) is 5.69 Å². The van der Waals surface area contributed by atoms with Crippen LogP contribution in [0.5, 0.6) is 5.75 Å². The van der Waals surface area contributed by atoms with E-state index in [2.05, 4.69) is 4.98 Å². The normalized spacial score (nSPS) is 10.6. The molecule has 0 saturated carbocycles. The first-order chi connectivity index (χ1) is 11.5. The summed E-state index contributed by atoms with van der Waals surface area (Å²) in [5.74, 6) is 0.476. The van der Waals surface area contributed by atoms with E-state index in [4.69, 9.17) is 27.9 Å². The molecule has 2 aromatic carbocycles. The molecule has 122 valence electrons. The summed E-state index contributed by atoms with van der Waals surface area (Å²) in [6.07, 6.45) is 4.81. The number of ether oxygens (including phenoxy) is 1. The number of hydrogen-bond donors (Lipinski definition) is 0. The maximum atomic E-state index is 11.0. The minimum atomic E-state index is -0.458. The highest BCUT2D eigenvalue weighted by Gasteiger charge is 2.14. The van der Waals surface area contributed by atoms with E-state index in [1.807, 2.05) is 0 Å². The van der Waals surface area contributed by atoms with Crippen LogP contribution in [-0.2, 0) is 6.61 Å². The van der Waals surface area contributed by atoms with Crippen molar-refractivity contribution >= 4 is 28.9 Å². The third-order valence-corrected chi connectivity index (χ3v) is 3.92. The first-order valence-corrected chi connectivity index (χ1v) is 7.63. The van der Waals surface area contributed by atoms with Gasteiger partial charge < -0.3 is 9.30 Å². The van der Waals surface area contributed by atoms with Gasteiger partial charge in [0.2, 0.25) is 0 Å². The molecule has 0 aliphatic heterocycles. The third kappa shape index (κ3) is 3.50. The van der Waals surface area contributed by atoms with Crippen LogP contribution in [0, 0.1) is 10.1 Å². The van der Waals surface area contributed by atoms with Gasteiger partial charge in [-0.1, -0.05) is 29.3 Å². The van der Waals surface area contributed by atoms with Crippen molar-refractivity contribution in [3.8, 4) is 11.4 Å². The highest BCUT2D eigenvalue weighted by molar-refractivity contribution is 6.35. The second kappa shape index (κ2) is 6.90. The number of hydrogen-bond acceptors (Lipinski definition) is 4. The number of non-ortho nitro benzene ring substituents is 1. The van der Waals surface area contributed by atoms with Gasteiger partial charge in [-0.25, -0.2) is 4.98 Å². The van der Waals surface area contributed by atoms with Crippen molar-refractivity contribution in [3.05, 3.63) is 80.8 Å². The van der Waals surface area contributed by atoms with Crippen molar-refractivity contribution in [2.24, 2.45) is 0 Å². The molecule has 0 radical (unpaired) electrons. The molecular weight excluding hydrogens is 353 g/mol. The topological polar surface area (TPSA) is 70.2 Å². The Bertz CT molecular complexity index is 882. The van der Waals surface area contributed by atoms with Gasteiger partial charge in [0.1, 0.15) is 12.4 Å². The van der Waals surface area contributed by atoms with E-state index in [1.165, 1.54) is 12.1 Å². The van der Waals surface area contributed by atoms with Crippen LogP contribution >= 0.6 is 23.2 Å². The van der Waals surface area contributed by atoms with Crippen molar-refractivity contribution in [1.29, 1.82) is 0 Å². The predicted molar refractivity (Wildman–Crippen MR) is 91.0 cm³/mol. The van der Waals surface area contributed by atoms with E-state index in [1.54, 1.807) is 47.6 Å². The Labute approximate surface area is 147 Å². The van der Waals surface area contributed by atoms with Gasteiger partial charge in [-0.2, -0.15) is 0 Å². The van der Waals surface area contributed by atoms with Crippen LogP contribution in [0.1, 0.15) is 5.56 Å². The molecule has 0 aliphatic rings. The number of imidazole rings is 1. The molecule has 0 atom stereocenters. The van der Waals surface area contributed by atoms with E-state index < -0.39 is 4.92 Å². The zero-order valence-corrected chi connectivity index (χ0v) is 13.7. The molecule has 0 bridgehead atoms. The average Bonchev–Trinajstić information content (AvgIpc) is 3.08. The van der Waals surface area contributed by atoms with Crippen molar-refractivity contribution in [2.45, 2.75) is 6.61 Å². The number of nitro benzene ring substituents is 1. The van der Waals surface area contributed by atoms with Gasteiger partial charge in [0.25, 0.3) is 5.69 Å². The zero-order valence-electron chi connectivity index (χ0n) is 12.2. The third-order valence-electron chi connectivity index (χ3n) is 3.33. The van der Waals surface area contributed by atoms with Crippen LogP contribution < -0.4 is 4.74 Å². The summed E-state index contributed by atoms with van der Waals surface area (Å²) in [6, 6.07) is 9.50. The van der Waals surface area contributed by atoms with Crippen LogP contribution in [0.4, 0.5) is 5.69 Å². The molecule has 0 amide bonds. The Morgan fingerprint density at radius 2 is 2.04 bits per heavy atom. The first kappa shape index (κ1) is 16.3. The standard InChI is InChI=1S/C16H11Cl2N3O3/c17-12-2-1-11(14(18)7-12)9-24-16-4-3-13(21(22)23)8-15(16)20-6-5-19-10-20/h1-8,10H,9H2. The monoisotopic (exact) mass is 363 g/mol. The van der Waals surface area contributed by atoms with Crippen LogP contribution in [-0.4, -0.2) is 14.5 Å². The molecule has 0 unspecified atom stereocenters. The minimum absolute atomic E-state index is 0.0319. The summed E-state index contributed by atoms with van der Waals surface area (Å²) in [4.78, 5) is 14.5. The predicted octanol–water partition coefficient (Wildman–Crippen LogP) is 4.67. The van der Waals surface area contributed by atoms with Crippen LogP contribution in [0.2, 0.25) is 10.0 Å². The lowest BCUT2D eigenvalue weighted by Gasteiger charge is -2.13. The second-order valence-corrected chi connectivity index (χ2v) is 5.75. The SMILES string of the molecule is O=[N+]([O-])c1ccc(OCc2ccc(Cl)cc2Cl)c(-n2ccnc2)c1. The molecule has 3 rings (SSSR count). The van der Waals surface area contributed by atoms with E-state index in [0.717, 1.165) is 5.56 Å². The average molecular weight is 364 g/mol. The highest BCUT2D eigenvalue weighted by Crippen LogP contribution is 2.29. The molecule has 0 fully saturated rings. The Balaban J connectivity index is 1.91. The largest absolute Gasteiger partial charge is 0.487 e. The van der Waals surface area contributed by atoms with E-state index in [9.17, 15) is 10.1 Å². The fraction of sp³-hybridized carbons (Fsp3) is 0.0625. The molecular formula is C16H11Cl2N3O3. The molecule has 0 aliphatic carbocycles. The molecule has 8 heteroatoms. The number of nitrogens with zero attached hydrogens (tertiary/aromatic N) is 3. The molecule has 1 heterocycles. The maximum Gasteiger partial charge on any atom is 0.271 e. The van der Waals surface area contributed by atoms with E-state index >= 15 is 0 Å². The Hall–Kier alpha value is -2.57. The van der Waals surface area contributed by atoms with Crippen LogP contribution in [0.15, 0.2) is 55.1 Å².